The number of rotatable bonds is 5. The first-order valence-corrected chi connectivity index (χ1v) is 6.93. The Hall–Kier alpha value is -0.680. The van der Waals surface area contributed by atoms with Crippen LogP contribution in [0.15, 0.2) is 24.3 Å². The van der Waals surface area contributed by atoms with Crippen LogP contribution in [0.3, 0.4) is 0 Å². The molecule has 2 N–H and O–H groups in total. The lowest BCUT2D eigenvalue weighted by Gasteiger charge is -2.15. The molecule has 1 aromatic rings. The fraction of sp³-hybridized carbons (Fsp3) is 0.538. The Kier molecular flexibility index (Phi) is 5.53. The summed E-state index contributed by atoms with van der Waals surface area (Å²) in [5.74, 6) is 0.723. The van der Waals surface area contributed by atoms with Crippen LogP contribution in [0.25, 0.3) is 0 Å². The van der Waals surface area contributed by atoms with E-state index in [0.717, 1.165) is 29.9 Å². The summed E-state index contributed by atoms with van der Waals surface area (Å²) < 4.78 is 37.2. The molecule has 0 amide bonds. The third kappa shape index (κ3) is 4.53. The van der Waals surface area contributed by atoms with Crippen molar-refractivity contribution in [2.75, 3.05) is 5.75 Å². The van der Waals surface area contributed by atoms with Crippen molar-refractivity contribution in [3.63, 3.8) is 0 Å². The molecular weight excluding hydrogens is 259 g/mol. The quantitative estimate of drug-likeness (QED) is 0.871. The van der Waals surface area contributed by atoms with E-state index in [9.17, 15) is 13.2 Å². The standard InChI is InChI=1S/C13H18F3NS/c1-3-9(2)18-8-12(17)10-4-6-11(7-5-10)13(14,15)16/h4-7,9,12H,3,8,17H2,1-2H3. The molecule has 0 heterocycles. The first-order chi connectivity index (χ1) is 8.34. The number of nitrogens with two attached hydrogens (primary N) is 1. The molecule has 0 aromatic heterocycles. The van der Waals surface area contributed by atoms with E-state index in [4.69, 9.17) is 5.73 Å². The van der Waals surface area contributed by atoms with Gasteiger partial charge in [0.1, 0.15) is 0 Å². The second-order valence-corrected chi connectivity index (χ2v) is 5.75. The van der Waals surface area contributed by atoms with Crippen LogP contribution in [0.5, 0.6) is 0 Å². The van der Waals surface area contributed by atoms with E-state index in [2.05, 4.69) is 13.8 Å². The fourth-order valence-corrected chi connectivity index (χ4v) is 2.37. The minimum Gasteiger partial charge on any atom is -0.323 e. The van der Waals surface area contributed by atoms with Gasteiger partial charge in [0.05, 0.1) is 5.56 Å². The van der Waals surface area contributed by atoms with Crippen molar-refractivity contribution in [2.45, 2.75) is 37.7 Å². The smallest absolute Gasteiger partial charge is 0.323 e. The average molecular weight is 277 g/mol. The maximum Gasteiger partial charge on any atom is 0.416 e. The molecule has 0 aliphatic carbocycles. The molecule has 0 aliphatic heterocycles. The minimum atomic E-state index is -4.28. The second-order valence-electron chi connectivity index (χ2n) is 4.28. The highest BCUT2D eigenvalue weighted by Gasteiger charge is 2.30. The van der Waals surface area contributed by atoms with Crippen LogP contribution in [0.1, 0.15) is 37.4 Å². The first-order valence-electron chi connectivity index (χ1n) is 5.89. The zero-order chi connectivity index (χ0) is 13.8. The highest BCUT2D eigenvalue weighted by atomic mass is 32.2. The zero-order valence-corrected chi connectivity index (χ0v) is 11.3. The Labute approximate surface area is 110 Å². The molecular formula is C13H18F3NS. The number of thioether (sulfide) groups is 1. The predicted octanol–water partition coefficient (Wildman–Crippen LogP) is 4.24. The van der Waals surface area contributed by atoms with Crippen molar-refractivity contribution < 1.29 is 13.2 Å². The van der Waals surface area contributed by atoms with Crippen molar-refractivity contribution in [3.05, 3.63) is 35.4 Å². The van der Waals surface area contributed by atoms with E-state index in [1.807, 2.05) is 0 Å². The molecule has 2 unspecified atom stereocenters. The Morgan fingerprint density at radius 1 is 1.22 bits per heavy atom. The Morgan fingerprint density at radius 3 is 2.22 bits per heavy atom. The van der Waals surface area contributed by atoms with Crippen molar-refractivity contribution in [3.8, 4) is 0 Å². The second kappa shape index (κ2) is 6.48. The van der Waals surface area contributed by atoms with Crippen molar-refractivity contribution in [1.29, 1.82) is 0 Å². The number of hydrogen-bond donors (Lipinski definition) is 1. The molecule has 0 aliphatic rings. The third-order valence-corrected chi connectivity index (χ3v) is 4.26. The summed E-state index contributed by atoms with van der Waals surface area (Å²) in [7, 11) is 0. The van der Waals surface area contributed by atoms with Gasteiger partial charge in [-0.25, -0.2) is 0 Å². The van der Waals surface area contributed by atoms with Gasteiger partial charge in [0.25, 0.3) is 0 Å². The van der Waals surface area contributed by atoms with Gasteiger partial charge in [0.15, 0.2) is 0 Å². The van der Waals surface area contributed by atoms with Crippen LogP contribution in [-0.2, 0) is 6.18 Å². The maximum atomic E-state index is 12.4. The summed E-state index contributed by atoms with van der Waals surface area (Å²) in [5.41, 5.74) is 6.07. The molecule has 0 fully saturated rings. The van der Waals surface area contributed by atoms with E-state index in [0.29, 0.717) is 5.25 Å². The van der Waals surface area contributed by atoms with E-state index in [1.54, 1.807) is 11.8 Å². The monoisotopic (exact) mass is 277 g/mol. The molecule has 0 saturated carbocycles. The van der Waals surface area contributed by atoms with Crippen molar-refractivity contribution >= 4 is 11.8 Å². The first kappa shape index (κ1) is 15.4. The summed E-state index contributed by atoms with van der Waals surface area (Å²) in [6.45, 7) is 4.21. The highest BCUT2D eigenvalue weighted by molar-refractivity contribution is 7.99. The van der Waals surface area contributed by atoms with E-state index in [1.165, 1.54) is 12.1 Å². The minimum absolute atomic E-state index is 0.216. The Morgan fingerprint density at radius 2 is 1.78 bits per heavy atom. The van der Waals surface area contributed by atoms with Gasteiger partial charge in [-0.1, -0.05) is 26.0 Å². The third-order valence-electron chi connectivity index (χ3n) is 2.80. The zero-order valence-electron chi connectivity index (χ0n) is 10.5. The SMILES string of the molecule is CCC(C)SCC(N)c1ccc(C(F)(F)F)cc1. The van der Waals surface area contributed by atoms with Gasteiger partial charge in [0.2, 0.25) is 0 Å². The predicted molar refractivity (Wildman–Crippen MR) is 70.6 cm³/mol. The Bertz CT molecular complexity index is 361. The molecule has 1 aromatic carbocycles. The Balaban J connectivity index is 2.62. The molecule has 0 radical (unpaired) electrons. The molecule has 0 saturated heterocycles. The normalized spacial score (nSPS) is 15.4. The van der Waals surface area contributed by atoms with Crippen LogP contribution in [-0.4, -0.2) is 11.0 Å². The summed E-state index contributed by atoms with van der Waals surface area (Å²) in [5, 5.41) is 0.519. The molecule has 18 heavy (non-hydrogen) atoms. The summed E-state index contributed by atoms with van der Waals surface area (Å²) in [6, 6.07) is 4.88. The van der Waals surface area contributed by atoms with Crippen LogP contribution in [0, 0.1) is 0 Å². The van der Waals surface area contributed by atoms with Gasteiger partial charge in [0, 0.05) is 17.0 Å². The average Bonchev–Trinajstić information content (AvgIpc) is 2.34. The lowest BCUT2D eigenvalue weighted by atomic mass is 10.1. The van der Waals surface area contributed by atoms with Gasteiger partial charge >= 0.3 is 6.18 Å². The highest BCUT2D eigenvalue weighted by Crippen LogP contribution is 2.30. The molecule has 2 atom stereocenters. The van der Waals surface area contributed by atoms with E-state index < -0.39 is 11.7 Å². The van der Waals surface area contributed by atoms with Gasteiger partial charge < -0.3 is 5.73 Å². The van der Waals surface area contributed by atoms with E-state index in [-0.39, 0.29) is 6.04 Å². The van der Waals surface area contributed by atoms with Crippen molar-refractivity contribution in [1.82, 2.24) is 0 Å². The van der Waals surface area contributed by atoms with Crippen LogP contribution < -0.4 is 5.73 Å². The summed E-state index contributed by atoms with van der Waals surface area (Å²) in [4.78, 5) is 0. The van der Waals surface area contributed by atoms with Crippen LogP contribution in [0.2, 0.25) is 0 Å². The summed E-state index contributed by atoms with van der Waals surface area (Å²) in [6.07, 6.45) is -3.22. The van der Waals surface area contributed by atoms with Gasteiger partial charge in [-0.15, -0.1) is 0 Å². The summed E-state index contributed by atoms with van der Waals surface area (Å²) >= 11 is 1.74. The molecule has 0 spiro atoms. The van der Waals surface area contributed by atoms with Gasteiger partial charge in [-0.2, -0.15) is 24.9 Å². The van der Waals surface area contributed by atoms with Gasteiger partial charge in [-0.3, -0.25) is 0 Å². The topological polar surface area (TPSA) is 26.0 Å². The number of halogens is 3. The maximum absolute atomic E-state index is 12.4. The number of benzene rings is 1. The lowest BCUT2D eigenvalue weighted by Crippen LogP contribution is -2.15. The van der Waals surface area contributed by atoms with Crippen LogP contribution in [0.4, 0.5) is 13.2 Å². The molecule has 1 nitrogen and oxygen atoms in total. The largest absolute Gasteiger partial charge is 0.416 e. The molecule has 5 heteroatoms. The van der Waals surface area contributed by atoms with Crippen LogP contribution >= 0.6 is 11.8 Å². The van der Waals surface area contributed by atoms with E-state index >= 15 is 0 Å². The van der Waals surface area contributed by atoms with Crippen molar-refractivity contribution in [2.24, 2.45) is 5.73 Å². The fourth-order valence-electron chi connectivity index (χ4n) is 1.40. The number of alkyl halides is 3. The molecule has 1 rings (SSSR count). The number of hydrogen-bond acceptors (Lipinski definition) is 2. The molecule has 102 valence electrons. The van der Waals surface area contributed by atoms with Gasteiger partial charge in [-0.05, 0) is 24.1 Å². The molecule has 0 bridgehead atoms. The lowest BCUT2D eigenvalue weighted by molar-refractivity contribution is -0.137.